The maximum Gasteiger partial charge on any atom is 0.471 e. The second-order valence-corrected chi connectivity index (χ2v) is 6.58. The van der Waals surface area contributed by atoms with Gasteiger partial charge in [0.25, 0.3) is 5.56 Å². The summed E-state index contributed by atoms with van der Waals surface area (Å²) in [5.41, 5.74) is -1.14. The van der Waals surface area contributed by atoms with E-state index in [9.17, 15) is 32.7 Å². The van der Waals surface area contributed by atoms with Crippen LogP contribution in [0, 0.1) is 0 Å². The maximum absolute atomic E-state index is 12.7. The summed E-state index contributed by atoms with van der Waals surface area (Å²) in [5.74, 6) is -2.12. The van der Waals surface area contributed by atoms with Gasteiger partial charge >= 0.3 is 17.8 Å². The van der Waals surface area contributed by atoms with E-state index < -0.39 is 36.0 Å². The van der Waals surface area contributed by atoms with E-state index in [2.05, 4.69) is 4.98 Å². The molecular weight excluding hydrogens is 383 g/mol. The van der Waals surface area contributed by atoms with Gasteiger partial charge in [-0.25, -0.2) is 9.78 Å². The minimum Gasteiger partial charge on any atom is -0.393 e. The summed E-state index contributed by atoms with van der Waals surface area (Å²) in [6.45, 7) is 1.23. The average molecular weight is 405 g/mol. The standard InChI is InChI=1S/C16H22F3N5O4/c1-9(25)6-4-5-7-24-13(26)11-12(23(3)15(24)28)21-10(22(11)2)8-20-14(27)16(17,18)19/h9,25H,4-8H2,1-3H3,(H,20,27)/t9-/m1/s1. The lowest BCUT2D eigenvalue weighted by Crippen LogP contribution is -2.39. The Morgan fingerprint density at radius 1 is 1.21 bits per heavy atom. The average Bonchev–Trinajstić information content (AvgIpc) is 2.92. The van der Waals surface area contributed by atoms with Gasteiger partial charge in [0.1, 0.15) is 5.82 Å². The Balaban J connectivity index is 2.36. The van der Waals surface area contributed by atoms with E-state index in [4.69, 9.17) is 0 Å². The molecule has 0 aliphatic rings. The molecule has 0 unspecified atom stereocenters. The highest BCUT2D eigenvalue weighted by Gasteiger charge is 2.38. The number of nitrogens with zero attached hydrogens (tertiary/aromatic N) is 4. The summed E-state index contributed by atoms with van der Waals surface area (Å²) in [6, 6.07) is 0. The number of aryl methyl sites for hydroxylation is 2. The molecule has 2 aromatic rings. The van der Waals surface area contributed by atoms with Gasteiger partial charge in [0.15, 0.2) is 11.2 Å². The number of imidazole rings is 1. The fourth-order valence-corrected chi connectivity index (χ4v) is 2.81. The Bertz CT molecular complexity index is 987. The van der Waals surface area contributed by atoms with Gasteiger partial charge in [-0.1, -0.05) is 0 Å². The highest BCUT2D eigenvalue weighted by atomic mass is 19.4. The van der Waals surface area contributed by atoms with E-state index in [0.717, 1.165) is 9.13 Å². The zero-order chi connectivity index (χ0) is 21.2. The molecule has 1 amide bonds. The molecule has 0 aromatic carbocycles. The quantitative estimate of drug-likeness (QED) is 0.638. The lowest BCUT2D eigenvalue weighted by molar-refractivity contribution is -0.173. The topological polar surface area (TPSA) is 111 Å². The summed E-state index contributed by atoms with van der Waals surface area (Å²) < 4.78 is 40.4. The maximum atomic E-state index is 12.7. The van der Waals surface area contributed by atoms with Crippen LogP contribution in [0.15, 0.2) is 9.59 Å². The Kier molecular flexibility index (Phi) is 6.32. The van der Waals surface area contributed by atoms with Crippen LogP contribution in [0.2, 0.25) is 0 Å². The molecule has 1 atom stereocenters. The van der Waals surface area contributed by atoms with Gasteiger partial charge in [-0.2, -0.15) is 13.2 Å². The molecule has 12 heteroatoms. The van der Waals surface area contributed by atoms with E-state index >= 15 is 0 Å². The van der Waals surface area contributed by atoms with Gasteiger partial charge in [0.05, 0.1) is 12.6 Å². The summed E-state index contributed by atoms with van der Waals surface area (Å²) in [4.78, 5) is 40.2. The van der Waals surface area contributed by atoms with Crippen LogP contribution < -0.4 is 16.6 Å². The predicted octanol–water partition coefficient (Wildman–Crippen LogP) is 0.163. The highest BCUT2D eigenvalue weighted by molar-refractivity contribution is 5.81. The van der Waals surface area contributed by atoms with Crippen molar-refractivity contribution >= 4 is 17.1 Å². The van der Waals surface area contributed by atoms with Crippen LogP contribution in [-0.4, -0.2) is 42.0 Å². The minimum atomic E-state index is -5.03. The van der Waals surface area contributed by atoms with Gasteiger partial charge < -0.3 is 15.0 Å². The number of halogens is 3. The number of fused-ring (bicyclic) bond motifs is 1. The second kappa shape index (κ2) is 8.17. The fraction of sp³-hybridized carbons (Fsp3) is 0.625. The molecule has 9 nitrogen and oxygen atoms in total. The number of rotatable bonds is 7. The third kappa shape index (κ3) is 4.43. The zero-order valence-electron chi connectivity index (χ0n) is 15.7. The molecule has 2 heterocycles. The van der Waals surface area contributed by atoms with Crippen LogP contribution >= 0.6 is 0 Å². The number of carbonyl (C=O) groups is 1. The predicted molar refractivity (Wildman–Crippen MR) is 93.6 cm³/mol. The molecule has 0 aliphatic carbocycles. The van der Waals surface area contributed by atoms with Gasteiger partial charge in [0, 0.05) is 20.6 Å². The number of aromatic nitrogens is 4. The van der Waals surface area contributed by atoms with E-state index in [1.807, 2.05) is 0 Å². The number of carbonyl (C=O) groups excluding carboxylic acids is 1. The smallest absolute Gasteiger partial charge is 0.393 e. The first kappa shape index (κ1) is 21.7. The Morgan fingerprint density at radius 2 is 1.86 bits per heavy atom. The van der Waals surface area contributed by atoms with E-state index in [1.165, 1.54) is 18.7 Å². The lowest BCUT2D eigenvalue weighted by atomic mass is 10.2. The number of aliphatic hydroxyl groups is 1. The Labute approximate surface area is 157 Å². The number of alkyl halides is 3. The SMILES string of the molecule is C[C@@H](O)CCCCn1c(=O)c2c(nc(CNC(=O)C(F)(F)F)n2C)n(C)c1=O. The van der Waals surface area contributed by atoms with Crippen LogP contribution in [0.25, 0.3) is 11.2 Å². The molecule has 0 spiro atoms. The monoisotopic (exact) mass is 405 g/mol. The van der Waals surface area contributed by atoms with E-state index in [0.29, 0.717) is 19.3 Å². The van der Waals surface area contributed by atoms with Crippen LogP contribution in [0.1, 0.15) is 32.0 Å². The molecule has 0 radical (unpaired) electrons. The Hall–Kier alpha value is -2.63. The molecule has 28 heavy (non-hydrogen) atoms. The number of nitrogens with one attached hydrogen (secondary N) is 1. The minimum absolute atomic E-state index is 0.00607. The van der Waals surface area contributed by atoms with Gasteiger partial charge in [-0.05, 0) is 26.2 Å². The number of hydrogen-bond acceptors (Lipinski definition) is 5. The molecule has 2 aromatic heterocycles. The molecule has 2 rings (SSSR count). The van der Waals surface area contributed by atoms with Crippen LogP contribution in [-0.2, 0) is 32.0 Å². The normalized spacial score (nSPS) is 13.1. The number of hydrogen-bond donors (Lipinski definition) is 2. The first-order valence-corrected chi connectivity index (χ1v) is 8.63. The summed E-state index contributed by atoms with van der Waals surface area (Å²) in [6.07, 6.45) is -3.86. The largest absolute Gasteiger partial charge is 0.471 e. The molecule has 0 bridgehead atoms. The lowest BCUT2D eigenvalue weighted by Gasteiger charge is -2.09. The fourth-order valence-electron chi connectivity index (χ4n) is 2.81. The first-order valence-electron chi connectivity index (χ1n) is 8.63. The third-order valence-electron chi connectivity index (χ3n) is 4.37. The molecule has 0 saturated heterocycles. The van der Waals surface area contributed by atoms with Crippen molar-refractivity contribution in [2.24, 2.45) is 14.1 Å². The second-order valence-electron chi connectivity index (χ2n) is 6.58. The van der Waals surface area contributed by atoms with Crippen molar-refractivity contribution < 1.29 is 23.1 Å². The summed E-state index contributed by atoms with van der Waals surface area (Å²) in [7, 11) is 2.83. The zero-order valence-corrected chi connectivity index (χ0v) is 15.7. The van der Waals surface area contributed by atoms with E-state index in [-0.39, 0.29) is 23.5 Å². The first-order chi connectivity index (χ1) is 12.9. The summed E-state index contributed by atoms with van der Waals surface area (Å²) in [5, 5.41) is 11.0. The summed E-state index contributed by atoms with van der Waals surface area (Å²) >= 11 is 0. The number of amides is 1. The van der Waals surface area contributed by atoms with Crippen molar-refractivity contribution in [3.63, 3.8) is 0 Å². The molecule has 2 N–H and O–H groups in total. The third-order valence-corrected chi connectivity index (χ3v) is 4.37. The van der Waals surface area contributed by atoms with Gasteiger partial charge in [-0.3, -0.25) is 18.7 Å². The Morgan fingerprint density at radius 3 is 2.43 bits per heavy atom. The van der Waals surface area contributed by atoms with Crippen LogP contribution in [0.3, 0.4) is 0 Å². The van der Waals surface area contributed by atoms with Crippen LogP contribution in [0.5, 0.6) is 0 Å². The van der Waals surface area contributed by atoms with Crippen molar-refractivity contribution in [3.05, 3.63) is 26.7 Å². The molecule has 0 saturated carbocycles. The van der Waals surface area contributed by atoms with Crippen molar-refractivity contribution in [1.82, 2.24) is 24.0 Å². The van der Waals surface area contributed by atoms with E-state index in [1.54, 1.807) is 12.2 Å². The van der Waals surface area contributed by atoms with Crippen molar-refractivity contribution in [2.75, 3.05) is 0 Å². The van der Waals surface area contributed by atoms with Crippen molar-refractivity contribution in [2.45, 2.75) is 51.6 Å². The molecule has 0 fully saturated rings. The highest BCUT2D eigenvalue weighted by Crippen LogP contribution is 2.15. The number of unbranched alkanes of at least 4 members (excludes halogenated alkanes) is 1. The van der Waals surface area contributed by atoms with Crippen molar-refractivity contribution in [3.8, 4) is 0 Å². The van der Waals surface area contributed by atoms with Gasteiger partial charge in [-0.15, -0.1) is 0 Å². The molecule has 156 valence electrons. The van der Waals surface area contributed by atoms with Crippen molar-refractivity contribution in [1.29, 1.82) is 0 Å². The molecule has 0 aliphatic heterocycles. The van der Waals surface area contributed by atoms with Crippen LogP contribution in [0.4, 0.5) is 13.2 Å². The molecular formula is C16H22F3N5O4. The van der Waals surface area contributed by atoms with Gasteiger partial charge in [0.2, 0.25) is 0 Å². The number of aliphatic hydroxyl groups excluding tert-OH is 1.